The van der Waals surface area contributed by atoms with Gasteiger partial charge in [0.1, 0.15) is 5.52 Å². The van der Waals surface area contributed by atoms with Gasteiger partial charge in [0.2, 0.25) is 5.95 Å². The van der Waals surface area contributed by atoms with Gasteiger partial charge in [-0.05, 0) is 24.1 Å². The van der Waals surface area contributed by atoms with Crippen molar-refractivity contribution in [3.63, 3.8) is 0 Å². The number of nitrogens with zero attached hydrogens (tertiary/aromatic N) is 5. The molecule has 2 aromatic heterocycles. The zero-order valence-electron chi connectivity index (χ0n) is 14.3. The number of piperazine rings is 1. The Morgan fingerprint density at radius 1 is 1.04 bits per heavy atom. The highest BCUT2D eigenvalue weighted by atomic mass is 15.4. The van der Waals surface area contributed by atoms with Gasteiger partial charge in [-0.15, -0.1) is 0 Å². The number of pyridine rings is 1. The van der Waals surface area contributed by atoms with Crippen molar-refractivity contribution in [1.82, 2.24) is 19.4 Å². The highest BCUT2D eigenvalue weighted by Crippen LogP contribution is 2.21. The number of imidazole rings is 1. The van der Waals surface area contributed by atoms with Gasteiger partial charge in [-0.25, -0.2) is 9.97 Å². The van der Waals surface area contributed by atoms with E-state index >= 15 is 0 Å². The molecule has 1 saturated heterocycles. The van der Waals surface area contributed by atoms with Gasteiger partial charge in [0.05, 0.1) is 0 Å². The fraction of sp³-hybridized carbons (Fsp3) is 0.368. The van der Waals surface area contributed by atoms with Gasteiger partial charge in [-0.1, -0.05) is 30.3 Å². The Morgan fingerprint density at radius 3 is 2.54 bits per heavy atom. The summed E-state index contributed by atoms with van der Waals surface area (Å²) >= 11 is 0. The van der Waals surface area contributed by atoms with Crippen LogP contribution in [0.2, 0.25) is 0 Å². The first-order valence-corrected chi connectivity index (χ1v) is 8.51. The Hall–Kier alpha value is -2.40. The van der Waals surface area contributed by atoms with Crippen molar-refractivity contribution in [2.45, 2.75) is 13.5 Å². The first-order valence-electron chi connectivity index (χ1n) is 8.51. The summed E-state index contributed by atoms with van der Waals surface area (Å²) in [6.07, 6.45) is 1.91. The minimum absolute atomic E-state index is 0.960. The minimum Gasteiger partial charge on any atom is -0.340 e. The molecule has 0 atom stereocenters. The summed E-state index contributed by atoms with van der Waals surface area (Å²) in [5.74, 6) is 1.03. The quantitative estimate of drug-likeness (QED) is 0.743. The monoisotopic (exact) mass is 321 g/mol. The summed E-state index contributed by atoms with van der Waals surface area (Å²) in [5.41, 5.74) is 4.48. The van der Waals surface area contributed by atoms with Crippen LogP contribution in [-0.4, -0.2) is 45.6 Å². The van der Waals surface area contributed by atoms with E-state index in [0.717, 1.165) is 55.4 Å². The van der Waals surface area contributed by atoms with Crippen molar-refractivity contribution in [2.75, 3.05) is 31.1 Å². The molecule has 5 heteroatoms. The predicted octanol–water partition coefficient (Wildman–Crippen LogP) is 2.60. The lowest BCUT2D eigenvalue weighted by atomic mass is 10.2. The number of rotatable bonds is 3. The smallest absolute Gasteiger partial charge is 0.207 e. The zero-order valence-corrected chi connectivity index (χ0v) is 14.3. The van der Waals surface area contributed by atoms with E-state index in [2.05, 4.69) is 69.7 Å². The summed E-state index contributed by atoms with van der Waals surface area (Å²) in [7, 11) is 2.06. The van der Waals surface area contributed by atoms with E-state index in [1.807, 2.05) is 6.20 Å². The fourth-order valence-corrected chi connectivity index (χ4v) is 3.40. The molecule has 0 amide bonds. The molecule has 1 aromatic carbocycles. The second kappa shape index (κ2) is 6.24. The molecule has 3 aromatic rings. The Bertz CT molecular complexity index is 832. The average molecular weight is 321 g/mol. The number of aryl methyl sites for hydroxylation is 2. The van der Waals surface area contributed by atoms with E-state index in [-0.39, 0.29) is 0 Å². The van der Waals surface area contributed by atoms with Gasteiger partial charge in [-0.3, -0.25) is 9.47 Å². The van der Waals surface area contributed by atoms with Crippen LogP contribution in [0.3, 0.4) is 0 Å². The normalized spacial score (nSPS) is 16.0. The molecule has 124 valence electrons. The molecule has 0 aliphatic carbocycles. The van der Waals surface area contributed by atoms with E-state index in [0.29, 0.717) is 0 Å². The van der Waals surface area contributed by atoms with Crippen molar-refractivity contribution in [1.29, 1.82) is 0 Å². The van der Waals surface area contributed by atoms with Gasteiger partial charge in [0.15, 0.2) is 5.65 Å². The summed E-state index contributed by atoms with van der Waals surface area (Å²) < 4.78 is 2.11. The first-order chi connectivity index (χ1) is 11.7. The van der Waals surface area contributed by atoms with Gasteiger partial charge in [0.25, 0.3) is 0 Å². The van der Waals surface area contributed by atoms with Crippen LogP contribution < -0.4 is 4.90 Å². The van der Waals surface area contributed by atoms with Crippen molar-refractivity contribution in [3.05, 3.63) is 53.7 Å². The molecule has 0 saturated carbocycles. The minimum atomic E-state index is 0.960. The van der Waals surface area contributed by atoms with Crippen LogP contribution in [-0.2, 0) is 13.6 Å². The Morgan fingerprint density at radius 2 is 1.79 bits per heavy atom. The van der Waals surface area contributed by atoms with E-state index in [1.165, 1.54) is 5.56 Å². The lowest BCUT2D eigenvalue weighted by Crippen LogP contribution is -2.46. The molecule has 3 heterocycles. The highest BCUT2D eigenvalue weighted by Gasteiger charge is 2.21. The third-order valence-electron chi connectivity index (χ3n) is 4.73. The Balaban J connectivity index is 1.47. The maximum Gasteiger partial charge on any atom is 0.207 e. The standard InChI is InChI=1S/C19H23N5/c1-15-12-17-18(20-13-15)22(2)19(21-17)24-10-8-23(9-11-24)14-16-6-4-3-5-7-16/h3-7,12-13H,8-11,14H2,1-2H3. The maximum absolute atomic E-state index is 4.81. The predicted molar refractivity (Wildman–Crippen MR) is 97.2 cm³/mol. The molecule has 1 aliphatic rings. The van der Waals surface area contributed by atoms with Gasteiger partial charge >= 0.3 is 0 Å². The van der Waals surface area contributed by atoms with Crippen LogP contribution in [0.15, 0.2) is 42.6 Å². The van der Waals surface area contributed by atoms with Crippen LogP contribution >= 0.6 is 0 Å². The Kier molecular flexibility index (Phi) is 3.94. The van der Waals surface area contributed by atoms with E-state index in [9.17, 15) is 0 Å². The van der Waals surface area contributed by atoms with E-state index in [1.54, 1.807) is 0 Å². The van der Waals surface area contributed by atoms with Crippen LogP contribution in [0.4, 0.5) is 5.95 Å². The molecule has 4 rings (SSSR count). The molecular weight excluding hydrogens is 298 g/mol. The SMILES string of the molecule is Cc1cnc2c(c1)nc(N1CCN(Cc3ccccc3)CC1)n2C. The third kappa shape index (κ3) is 2.87. The number of anilines is 1. The molecule has 0 spiro atoms. The number of fused-ring (bicyclic) bond motifs is 1. The third-order valence-corrected chi connectivity index (χ3v) is 4.73. The first kappa shape index (κ1) is 15.1. The second-order valence-corrected chi connectivity index (χ2v) is 6.58. The van der Waals surface area contributed by atoms with Crippen molar-refractivity contribution in [2.24, 2.45) is 7.05 Å². The molecule has 5 nitrogen and oxygen atoms in total. The topological polar surface area (TPSA) is 37.2 Å². The molecule has 0 bridgehead atoms. The highest BCUT2D eigenvalue weighted by molar-refractivity contribution is 5.75. The molecule has 24 heavy (non-hydrogen) atoms. The van der Waals surface area contributed by atoms with Crippen molar-refractivity contribution >= 4 is 17.1 Å². The number of benzene rings is 1. The van der Waals surface area contributed by atoms with Crippen molar-refractivity contribution < 1.29 is 0 Å². The van der Waals surface area contributed by atoms with E-state index < -0.39 is 0 Å². The molecule has 1 aliphatic heterocycles. The van der Waals surface area contributed by atoms with Crippen LogP contribution in [0, 0.1) is 6.92 Å². The van der Waals surface area contributed by atoms with Crippen molar-refractivity contribution in [3.8, 4) is 0 Å². The van der Waals surface area contributed by atoms with Gasteiger partial charge in [0, 0.05) is 46.0 Å². The van der Waals surface area contributed by atoms with Crippen LogP contribution in [0.1, 0.15) is 11.1 Å². The molecule has 0 N–H and O–H groups in total. The lowest BCUT2D eigenvalue weighted by molar-refractivity contribution is 0.248. The largest absolute Gasteiger partial charge is 0.340 e. The zero-order chi connectivity index (χ0) is 16.5. The fourth-order valence-electron chi connectivity index (χ4n) is 3.40. The Labute approximate surface area is 142 Å². The summed E-state index contributed by atoms with van der Waals surface area (Å²) in [4.78, 5) is 14.2. The van der Waals surface area contributed by atoms with E-state index in [4.69, 9.17) is 4.98 Å². The lowest BCUT2D eigenvalue weighted by Gasteiger charge is -2.35. The van der Waals surface area contributed by atoms with Gasteiger partial charge < -0.3 is 4.90 Å². The molecule has 0 radical (unpaired) electrons. The average Bonchev–Trinajstić information content (AvgIpc) is 2.92. The summed E-state index contributed by atoms with van der Waals surface area (Å²) in [6.45, 7) is 7.21. The number of hydrogen-bond donors (Lipinski definition) is 0. The molecule has 0 unspecified atom stereocenters. The maximum atomic E-state index is 4.81. The summed E-state index contributed by atoms with van der Waals surface area (Å²) in [6, 6.07) is 12.8. The van der Waals surface area contributed by atoms with Gasteiger partial charge in [-0.2, -0.15) is 0 Å². The number of hydrogen-bond acceptors (Lipinski definition) is 4. The second-order valence-electron chi connectivity index (χ2n) is 6.58. The number of aromatic nitrogens is 3. The molecule has 1 fully saturated rings. The summed E-state index contributed by atoms with van der Waals surface area (Å²) in [5, 5.41) is 0. The molecular formula is C19H23N5. The van der Waals surface area contributed by atoms with Crippen LogP contribution in [0.25, 0.3) is 11.2 Å². The van der Waals surface area contributed by atoms with Crippen LogP contribution in [0.5, 0.6) is 0 Å².